The molecule has 0 fully saturated rings. The Hall–Kier alpha value is -3.26. The van der Waals surface area contributed by atoms with Gasteiger partial charge in [-0.3, -0.25) is 0 Å². The lowest BCUT2D eigenvalue weighted by Gasteiger charge is -2.06. The Morgan fingerprint density at radius 2 is 1.54 bits per heavy atom. The van der Waals surface area contributed by atoms with E-state index >= 15 is 0 Å². The van der Waals surface area contributed by atoms with Gasteiger partial charge in [-0.05, 0) is 47.0 Å². The average molecular weight is 337 g/mol. The zero-order chi connectivity index (χ0) is 17.5. The van der Waals surface area contributed by atoms with Gasteiger partial charge in [0.1, 0.15) is 5.58 Å². The molecule has 0 aliphatic rings. The minimum atomic E-state index is 0.914. The second kappa shape index (κ2) is 5.92. The van der Waals surface area contributed by atoms with Crippen molar-refractivity contribution in [2.75, 3.05) is 5.32 Å². The van der Waals surface area contributed by atoms with E-state index in [2.05, 4.69) is 72.9 Å². The van der Waals surface area contributed by atoms with Gasteiger partial charge in [-0.2, -0.15) is 0 Å². The molecule has 0 aliphatic carbocycles. The van der Waals surface area contributed by atoms with Gasteiger partial charge in [0.05, 0.1) is 5.69 Å². The predicted molar refractivity (Wildman–Crippen MR) is 110 cm³/mol. The summed E-state index contributed by atoms with van der Waals surface area (Å²) in [6, 6.07) is 27.3. The van der Waals surface area contributed by atoms with Crippen LogP contribution in [-0.2, 0) is 6.42 Å². The fraction of sp³-hybridized carbons (Fsp3) is 0.0833. The zero-order valence-electron chi connectivity index (χ0n) is 14.6. The smallest absolute Gasteiger partial charge is 0.158 e. The number of aryl methyl sites for hydroxylation is 1. The summed E-state index contributed by atoms with van der Waals surface area (Å²) < 4.78 is 6.42. The topological polar surface area (TPSA) is 25.2 Å². The molecule has 4 aromatic carbocycles. The van der Waals surface area contributed by atoms with E-state index in [0.717, 1.165) is 34.3 Å². The standard InChI is InChI=1S/C24H19NO/c1-2-16-15-17-9-6-7-12-19(17)22-20-13-8-14-21(24(20)26-23(16)22)25-18-10-4-3-5-11-18/h3-15,25H,2H2,1H3. The van der Waals surface area contributed by atoms with Gasteiger partial charge in [0, 0.05) is 16.5 Å². The van der Waals surface area contributed by atoms with Crippen LogP contribution in [0.25, 0.3) is 32.7 Å². The first-order chi connectivity index (χ1) is 12.8. The zero-order valence-corrected chi connectivity index (χ0v) is 14.6. The van der Waals surface area contributed by atoms with Crippen molar-refractivity contribution in [3.63, 3.8) is 0 Å². The molecule has 0 bridgehead atoms. The van der Waals surface area contributed by atoms with Gasteiger partial charge in [0.25, 0.3) is 0 Å². The van der Waals surface area contributed by atoms with E-state index in [1.165, 1.54) is 21.7 Å². The van der Waals surface area contributed by atoms with Gasteiger partial charge in [0.15, 0.2) is 5.58 Å². The third-order valence-electron chi connectivity index (χ3n) is 5.00. The van der Waals surface area contributed by atoms with Gasteiger partial charge in [-0.25, -0.2) is 0 Å². The fourth-order valence-electron chi connectivity index (χ4n) is 3.75. The molecule has 0 unspecified atom stereocenters. The number of fused-ring (bicyclic) bond motifs is 5. The lowest BCUT2D eigenvalue weighted by Crippen LogP contribution is -1.89. The molecule has 126 valence electrons. The number of hydrogen-bond donors (Lipinski definition) is 1. The highest BCUT2D eigenvalue weighted by Gasteiger charge is 2.16. The van der Waals surface area contributed by atoms with Crippen molar-refractivity contribution < 1.29 is 4.42 Å². The molecule has 0 amide bonds. The molecule has 5 rings (SSSR count). The van der Waals surface area contributed by atoms with Gasteiger partial charge in [-0.1, -0.05) is 61.5 Å². The minimum absolute atomic E-state index is 0.914. The van der Waals surface area contributed by atoms with Gasteiger partial charge < -0.3 is 9.73 Å². The number of nitrogens with one attached hydrogen (secondary N) is 1. The highest BCUT2D eigenvalue weighted by molar-refractivity contribution is 6.21. The van der Waals surface area contributed by atoms with E-state index in [9.17, 15) is 0 Å². The van der Waals surface area contributed by atoms with Crippen molar-refractivity contribution in [3.05, 3.63) is 84.4 Å². The van der Waals surface area contributed by atoms with Crippen LogP contribution in [0, 0.1) is 0 Å². The van der Waals surface area contributed by atoms with Crippen molar-refractivity contribution in [1.29, 1.82) is 0 Å². The molecule has 1 heterocycles. The SMILES string of the molecule is CCc1cc2ccccc2c2c1oc1c(Nc3ccccc3)cccc12. The van der Waals surface area contributed by atoms with Gasteiger partial charge in [0.2, 0.25) is 0 Å². The first kappa shape index (κ1) is 15.0. The molecule has 0 saturated carbocycles. The first-order valence-corrected chi connectivity index (χ1v) is 9.03. The van der Waals surface area contributed by atoms with E-state index in [1.807, 2.05) is 18.2 Å². The monoisotopic (exact) mass is 337 g/mol. The molecule has 2 heteroatoms. The molecule has 0 saturated heterocycles. The molecule has 1 aromatic heterocycles. The van der Waals surface area contributed by atoms with E-state index < -0.39 is 0 Å². The molecule has 0 aliphatic heterocycles. The summed E-state index contributed by atoms with van der Waals surface area (Å²) in [5.74, 6) is 0. The fourth-order valence-corrected chi connectivity index (χ4v) is 3.75. The third-order valence-corrected chi connectivity index (χ3v) is 5.00. The Balaban J connectivity index is 1.84. The van der Waals surface area contributed by atoms with Crippen LogP contribution in [0.2, 0.25) is 0 Å². The molecule has 0 radical (unpaired) electrons. The molecular weight excluding hydrogens is 318 g/mol. The summed E-state index contributed by atoms with van der Waals surface area (Å²) in [7, 11) is 0. The highest BCUT2D eigenvalue weighted by Crippen LogP contribution is 2.40. The average Bonchev–Trinajstić information content (AvgIpc) is 3.09. The van der Waals surface area contributed by atoms with Crippen LogP contribution in [0.5, 0.6) is 0 Å². The van der Waals surface area contributed by atoms with E-state index in [4.69, 9.17) is 4.42 Å². The maximum absolute atomic E-state index is 6.42. The quantitative estimate of drug-likeness (QED) is 0.382. The number of rotatable bonds is 3. The van der Waals surface area contributed by atoms with Crippen molar-refractivity contribution in [3.8, 4) is 0 Å². The second-order valence-corrected chi connectivity index (χ2v) is 6.59. The van der Waals surface area contributed by atoms with Crippen LogP contribution in [0.4, 0.5) is 11.4 Å². The highest BCUT2D eigenvalue weighted by atomic mass is 16.3. The first-order valence-electron chi connectivity index (χ1n) is 9.03. The van der Waals surface area contributed by atoms with Crippen molar-refractivity contribution >= 4 is 44.1 Å². The number of para-hydroxylation sites is 2. The molecule has 26 heavy (non-hydrogen) atoms. The van der Waals surface area contributed by atoms with Crippen LogP contribution in [0.1, 0.15) is 12.5 Å². The van der Waals surface area contributed by atoms with Crippen molar-refractivity contribution in [2.24, 2.45) is 0 Å². The Bertz CT molecular complexity index is 1240. The van der Waals surface area contributed by atoms with Crippen LogP contribution < -0.4 is 5.32 Å². The molecule has 0 spiro atoms. The molecule has 0 atom stereocenters. The second-order valence-electron chi connectivity index (χ2n) is 6.59. The van der Waals surface area contributed by atoms with Gasteiger partial charge in [-0.15, -0.1) is 0 Å². The Kier molecular flexibility index (Phi) is 3.42. The summed E-state index contributed by atoms with van der Waals surface area (Å²) in [5.41, 5.74) is 5.22. The molecule has 5 aromatic rings. The summed E-state index contributed by atoms with van der Waals surface area (Å²) in [5, 5.41) is 8.38. The molecular formula is C24H19NO. The summed E-state index contributed by atoms with van der Waals surface area (Å²) in [6.45, 7) is 2.18. The Morgan fingerprint density at radius 3 is 2.38 bits per heavy atom. The van der Waals surface area contributed by atoms with E-state index in [-0.39, 0.29) is 0 Å². The normalized spacial score (nSPS) is 11.4. The van der Waals surface area contributed by atoms with Crippen LogP contribution >= 0.6 is 0 Å². The summed E-state index contributed by atoms with van der Waals surface area (Å²) in [4.78, 5) is 0. The summed E-state index contributed by atoms with van der Waals surface area (Å²) in [6.07, 6.45) is 0.947. The van der Waals surface area contributed by atoms with Crippen LogP contribution in [0.3, 0.4) is 0 Å². The predicted octanol–water partition coefficient (Wildman–Crippen LogP) is 7.05. The van der Waals surface area contributed by atoms with Crippen LogP contribution in [-0.4, -0.2) is 0 Å². The third kappa shape index (κ3) is 2.26. The maximum atomic E-state index is 6.42. The number of hydrogen-bond acceptors (Lipinski definition) is 2. The van der Waals surface area contributed by atoms with Crippen molar-refractivity contribution in [1.82, 2.24) is 0 Å². The number of furan rings is 1. The lowest BCUT2D eigenvalue weighted by atomic mass is 9.99. The van der Waals surface area contributed by atoms with E-state index in [0.29, 0.717) is 0 Å². The number of benzene rings is 4. The Morgan fingerprint density at radius 1 is 0.769 bits per heavy atom. The van der Waals surface area contributed by atoms with Gasteiger partial charge >= 0.3 is 0 Å². The minimum Gasteiger partial charge on any atom is -0.454 e. The van der Waals surface area contributed by atoms with Crippen LogP contribution in [0.15, 0.2) is 83.3 Å². The van der Waals surface area contributed by atoms with Crippen molar-refractivity contribution in [2.45, 2.75) is 13.3 Å². The molecule has 2 nitrogen and oxygen atoms in total. The number of anilines is 2. The Labute approximate surface area is 152 Å². The summed E-state index contributed by atoms with van der Waals surface area (Å²) >= 11 is 0. The lowest BCUT2D eigenvalue weighted by molar-refractivity contribution is 0.665. The molecule has 1 N–H and O–H groups in total. The van der Waals surface area contributed by atoms with E-state index in [1.54, 1.807) is 0 Å². The largest absolute Gasteiger partial charge is 0.454 e. The maximum Gasteiger partial charge on any atom is 0.158 e.